The summed E-state index contributed by atoms with van der Waals surface area (Å²) < 4.78 is 0. The van der Waals surface area contributed by atoms with Crippen molar-refractivity contribution in [2.75, 3.05) is 0 Å². The molecule has 0 amide bonds. The van der Waals surface area contributed by atoms with Gasteiger partial charge >= 0.3 is 0 Å². The van der Waals surface area contributed by atoms with Gasteiger partial charge in [0.25, 0.3) is 0 Å². The van der Waals surface area contributed by atoms with Gasteiger partial charge in [0.2, 0.25) is 0 Å². The van der Waals surface area contributed by atoms with E-state index in [4.69, 9.17) is 0 Å². The first-order valence-corrected chi connectivity index (χ1v) is 8.34. The van der Waals surface area contributed by atoms with Crippen molar-refractivity contribution in [3.63, 3.8) is 0 Å². The first kappa shape index (κ1) is 17.4. The molecule has 1 atom stereocenters. The van der Waals surface area contributed by atoms with Gasteiger partial charge in [-0.05, 0) is 65.5 Å². The van der Waals surface area contributed by atoms with Gasteiger partial charge in [0.1, 0.15) is 0 Å². The fraction of sp³-hybridized carbons (Fsp3) is 0.429. The Balaban J connectivity index is 2.47. The van der Waals surface area contributed by atoms with Crippen molar-refractivity contribution in [3.05, 3.63) is 58.2 Å². The maximum Gasteiger partial charge on any atom is 0.186 e. The van der Waals surface area contributed by atoms with Crippen molar-refractivity contribution in [2.45, 2.75) is 53.4 Å². The quantitative estimate of drug-likeness (QED) is 0.502. The van der Waals surface area contributed by atoms with Gasteiger partial charge in [0.15, 0.2) is 11.6 Å². The molecule has 0 saturated carbocycles. The van der Waals surface area contributed by atoms with Crippen LogP contribution in [0.1, 0.15) is 53.4 Å². The average Bonchev–Trinajstić information content (AvgIpc) is 2.45. The van der Waals surface area contributed by atoms with Gasteiger partial charge in [-0.3, -0.25) is 9.59 Å². The van der Waals surface area contributed by atoms with E-state index in [0.717, 1.165) is 19.3 Å². The van der Waals surface area contributed by atoms with Crippen LogP contribution in [0.3, 0.4) is 0 Å². The molecule has 0 heterocycles. The molecule has 2 aliphatic rings. The minimum Gasteiger partial charge on any atom is -0.290 e. The summed E-state index contributed by atoms with van der Waals surface area (Å²) in [6, 6.07) is 0. The van der Waals surface area contributed by atoms with Crippen LogP contribution < -0.4 is 0 Å². The fourth-order valence-electron chi connectivity index (χ4n) is 3.13. The molecule has 0 spiro atoms. The Morgan fingerprint density at radius 1 is 1.09 bits per heavy atom. The molecule has 2 bridgehead atoms. The summed E-state index contributed by atoms with van der Waals surface area (Å²) in [7, 11) is 0. The molecule has 0 aliphatic heterocycles. The molecule has 2 rings (SSSR count). The third-order valence-electron chi connectivity index (χ3n) is 4.35. The van der Waals surface area contributed by atoms with Crippen LogP contribution >= 0.6 is 0 Å². The summed E-state index contributed by atoms with van der Waals surface area (Å²) in [5, 5.41) is 0. The van der Waals surface area contributed by atoms with Crippen LogP contribution in [0, 0.1) is 5.92 Å². The molecule has 0 saturated heterocycles. The summed E-state index contributed by atoms with van der Waals surface area (Å²) in [4.78, 5) is 24.9. The third kappa shape index (κ3) is 4.75. The van der Waals surface area contributed by atoms with E-state index in [0.29, 0.717) is 17.6 Å². The Kier molecular flexibility index (Phi) is 5.70. The van der Waals surface area contributed by atoms with Gasteiger partial charge in [-0.2, -0.15) is 0 Å². The van der Waals surface area contributed by atoms with Crippen molar-refractivity contribution in [2.24, 2.45) is 5.92 Å². The van der Waals surface area contributed by atoms with Gasteiger partial charge in [-0.1, -0.05) is 34.9 Å². The van der Waals surface area contributed by atoms with Crippen LogP contribution in [0.2, 0.25) is 0 Å². The molecule has 1 unspecified atom stereocenters. The Bertz CT molecular complexity index is 662. The van der Waals surface area contributed by atoms with Crippen molar-refractivity contribution in [3.8, 4) is 0 Å². The van der Waals surface area contributed by atoms with Gasteiger partial charge in [0.05, 0.1) is 0 Å². The minimum absolute atomic E-state index is 0.0131. The molecule has 2 aliphatic carbocycles. The van der Waals surface area contributed by atoms with Crippen molar-refractivity contribution >= 4 is 11.6 Å². The van der Waals surface area contributed by atoms with E-state index in [1.165, 1.54) is 28.9 Å². The zero-order valence-corrected chi connectivity index (χ0v) is 14.6. The largest absolute Gasteiger partial charge is 0.290 e. The number of hydrogen-bond acceptors (Lipinski definition) is 2. The Hall–Kier alpha value is -1.96. The first-order valence-electron chi connectivity index (χ1n) is 8.34. The second-order valence-electron chi connectivity index (χ2n) is 6.90. The van der Waals surface area contributed by atoms with Crippen LogP contribution in [0.5, 0.6) is 0 Å². The molecule has 0 radical (unpaired) electrons. The lowest BCUT2D eigenvalue weighted by molar-refractivity contribution is -0.115. The van der Waals surface area contributed by atoms with E-state index in [-0.39, 0.29) is 17.5 Å². The van der Waals surface area contributed by atoms with Crippen LogP contribution in [-0.4, -0.2) is 11.6 Å². The standard InChI is InChI=1S/C21H26O2/c1-14(2)10-18-11-16(4)7-5-6-15(3)8-9-17-12-19(22)13-20(18)21(17)23/h7-8,10,12-13,18H,5-6,9,11H2,1-4H3. The first-order chi connectivity index (χ1) is 10.9. The lowest BCUT2D eigenvalue weighted by Gasteiger charge is -2.21. The normalized spacial score (nSPS) is 22.9. The predicted molar refractivity (Wildman–Crippen MR) is 95.1 cm³/mol. The van der Waals surface area contributed by atoms with Crippen molar-refractivity contribution < 1.29 is 9.59 Å². The second-order valence-corrected chi connectivity index (χ2v) is 6.90. The SMILES string of the molecule is CC(C)=CC1CC(C)=CCCC(C)=CCC2=CC(=O)C=C1C2=O. The van der Waals surface area contributed by atoms with E-state index in [1.807, 2.05) is 13.8 Å². The van der Waals surface area contributed by atoms with E-state index in [2.05, 4.69) is 32.1 Å². The fourth-order valence-corrected chi connectivity index (χ4v) is 3.13. The molecule has 0 aromatic carbocycles. The van der Waals surface area contributed by atoms with E-state index in [1.54, 1.807) is 0 Å². The zero-order valence-electron chi connectivity index (χ0n) is 14.6. The van der Waals surface area contributed by atoms with Gasteiger partial charge < -0.3 is 0 Å². The topological polar surface area (TPSA) is 34.1 Å². The zero-order chi connectivity index (χ0) is 17.0. The van der Waals surface area contributed by atoms with E-state index < -0.39 is 0 Å². The summed E-state index contributed by atoms with van der Waals surface area (Å²) in [6.45, 7) is 8.28. The Morgan fingerprint density at radius 3 is 2.52 bits per heavy atom. The molecular weight excluding hydrogens is 284 g/mol. The molecule has 0 fully saturated rings. The maximum atomic E-state index is 12.8. The molecule has 2 nitrogen and oxygen atoms in total. The number of carbonyl (C=O) groups is 2. The molecule has 2 heteroatoms. The molecule has 0 aromatic heterocycles. The maximum absolute atomic E-state index is 12.8. The van der Waals surface area contributed by atoms with Crippen LogP contribution in [0.25, 0.3) is 0 Å². The average molecular weight is 310 g/mol. The highest BCUT2D eigenvalue weighted by atomic mass is 16.1. The number of rotatable bonds is 1. The highest BCUT2D eigenvalue weighted by Crippen LogP contribution is 2.30. The number of ketones is 2. The third-order valence-corrected chi connectivity index (χ3v) is 4.35. The van der Waals surface area contributed by atoms with E-state index in [9.17, 15) is 9.59 Å². The molecule has 122 valence electrons. The second kappa shape index (κ2) is 7.54. The molecule has 23 heavy (non-hydrogen) atoms. The van der Waals surface area contributed by atoms with Crippen molar-refractivity contribution in [1.82, 2.24) is 0 Å². The molecule has 0 N–H and O–H groups in total. The van der Waals surface area contributed by atoms with Crippen LogP contribution in [0.4, 0.5) is 0 Å². The summed E-state index contributed by atoms with van der Waals surface area (Å²) >= 11 is 0. The predicted octanol–water partition coefficient (Wildman–Crippen LogP) is 5.04. The lowest BCUT2D eigenvalue weighted by atomic mass is 9.81. The van der Waals surface area contributed by atoms with Gasteiger partial charge in [-0.25, -0.2) is 0 Å². The monoisotopic (exact) mass is 310 g/mol. The Morgan fingerprint density at radius 2 is 1.83 bits per heavy atom. The highest BCUT2D eigenvalue weighted by molar-refractivity contribution is 6.20. The summed E-state index contributed by atoms with van der Waals surface area (Å²) in [6.07, 6.45) is 12.9. The number of carbonyl (C=O) groups excluding carboxylic acids is 2. The van der Waals surface area contributed by atoms with Crippen LogP contribution in [-0.2, 0) is 9.59 Å². The lowest BCUT2D eigenvalue weighted by Crippen LogP contribution is -2.20. The van der Waals surface area contributed by atoms with Crippen LogP contribution in [0.15, 0.2) is 58.2 Å². The summed E-state index contributed by atoms with van der Waals surface area (Å²) in [5.41, 5.74) is 4.99. The molecular formula is C21H26O2. The Labute approximate surface area is 139 Å². The number of allylic oxidation sites excluding steroid dienone is 10. The molecule has 0 aromatic rings. The van der Waals surface area contributed by atoms with Crippen molar-refractivity contribution in [1.29, 1.82) is 0 Å². The number of hydrogen-bond donors (Lipinski definition) is 0. The smallest absolute Gasteiger partial charge is 0.186 e. The van der Waals surface area contributed by atoms with Gasteiger partial charge in [0, 0.05) is 17.1 Å². The van der Waals surface area contributed by atoms with E-state index >= 15 is 0 Å². The summed E-state index contributed by atoms with van der Waals surface area (Å²) in [5.74, 6) is -0.0445. The highest BCUT2D eigenvalue weighted by Gasteiger charge is 2.26. The number of fused-ring (bicyclic) bond motifs is 2. The number of Topliss-reactive ketones (excluding diaryl/α,β-unsaturated/α-hetero) is 1. The minimum atomic E-state index is -0.0634. The van der Waals surface area contributed by atoms with Gasteiger partial charge in [-0.15, -0.1) is 0 Å².